The van der Waals surface area contributed by atoms with Gasteiger partial charge < -0.3 is 51.5 Å². The SMILES string of the molecule is CCN(CC)CCNS(=O)(=O)c1ccc(C2C3CCC(C3)C(c3ccc(S(=O)(=O)NCCN(CC)CC)cc3)C3CCC(N3)C(c3ccc(S(=O)(=O)NCCN(CC)CC)cc3)C3CCC(N3)C(c3ccc(S(=O)(=O)NCCN(CC)CC)cc3)C3CCC2N3)cc1.c1ccc(C2C3CCC(C3)C(c3ccccc3)C3CCC(N3)C(c3ccccc3)C3CCC(N3)C(c3ccccc3)C3CCC2N3)cc1. The normalized spacial score (nSPS) is 30.4. The van der Waals surface area contributed by atoms with Crippen LogP contribution in [0.4, 0.5) is 0 Å². The second kappa shape index (κ2) is 48.1. The zero-order chi connectivity index (χ0) is 97.7. The van der Waals surface area contributed by atoms with E-state index < -0.39 is 40.1 Å². The van der Waals surface area contributed by atoms with Crippen LogP contribution in [0.25, 0.3) is 0 Å². The van der Waals surface area contributed by atoms with E-state index in [4.69, 9.17) is 0 Å². The van der Waals surface area contributed by atoms with Gasteiger partial charge in [-0.3, -0.25) is 0 Å². The van der Waals surface area contributed by atoms with Gasteiger partial charge in [0.1, 0.15) is 0 Å². The van der Waals surface area contributed by atoms with Crippen LogP contribution in [0.3, 0.4) is 0 Å². The van der Waals surface area contributed by atoms with Crippen molar-refractivity contribution in [2.24, 2.45) is 23.7 Å². The van der Waals surface area contributed by atoms with Gasteiger partial charge in [0.25, 0.3) is 0 Å². The molecule has 16 bridgehead atoms. The molecular weight excluding hydrogens is 1820 g/mol. The van der Waals surface area contributed by atoms with Crippen LogP contribution in [0.15, 0.2) is 238 Å². The van der Waals surface area contributed by atoms with Crippen LogP contribution in [0.1, 0.15) is 263 Å². The molecule has 22 nitrogen and oxygen atoms in total. The van der Waals surface area contributed by atoms with Crippen molar-refractivity contribution in [2.75, 3.05) is 105 Å². The molecule has 8 heterocycles. The first-order valence-corrected chi connectivity index (χ1v) is 60.0. The Balaban J connectivity index is 0.000000233. The van der Waals surface area contributed by atoms with Crippen molar-refractivity contribution >= 4 is 40.1 Å². The molecule has 26 heteroatoms. The van der Waals surface area contributed by atoms with Crippen molar-refractivity contribution < 1.29 is 33.7 Å². The molecule has 0 radical (unpaired) electrons. The van der Waals surface area contributed by atoms with Crippen LogP contribution in [0.5, 0.6) is 0 Å². The topological polar surface area (TPSA) is 270 Å². The van der Waals surface area contributed by atoms with Crippen LogP contribution in [0, 0.1) is 23.7 Å². The lowest BCUT2D eigenvalue weighted by Crippen LogP contribution is -2.49. The smallest absolute Gasteiger partial charge is 0.240 e. The standard InChI is InChI=1S/C69H109N11O8S4.C45H53N3/c1-9-77(10-2)45-41-70-89(81,82)56-27-19-50(20-28-56)66-54-17-18-55(49-54)67(51-21-29-57(30-22-51)90(83,84)71-42-46-78(11-3)12-4)61-36-38-63(75-61)69(53-25-33-59(34-26-53)92(87,88)73-44-48-80(15-7)16-8)65-40-39-64(76-65)68(62-37-35-60(66)74-62)52-23-31-58(32-24-52)91(85,86)72-43-47-79(13-5)14-6;1-5-13-30(14-6-1)42-34-21-22-35(29-34)43(31-15-7-2-8-16-31)37-24-26-39(47-37)45(33-19-11-4-12-20-33)41-28-27-40(48-41)44(32-17-9-3-10-18-32)38-25-23-36(42)46-38/h19-34,54-55,60-76H,9-18,35-49H2,1-8H3;1-20,34-48H,21-29H2. The number of nitrogens with zero attached hydrogens (tertiary/aromatic N) is 4. The molecule has 10 fully saturated rings. The number of sulfonamides is 4. The second-order valence-corrected chi connectivity index (χ2v) is 49.3. The van der Waals surface area contributed by atoms with Crippen molar-refractivity contribution in [3.05, 3.63) is 263 Å². The van der Waals surface area contributed by atoms with E-state index in [1.165, 1.54) is 68.9 Å². The van der Waals surface area contributed by atoms with Crippen molar-refractivity contribution in [2.45, 2.75) is 310 Å². The summed E-state index contributed by atoms with van der Waals surface area (Å²) in [4.78, 5) is 9.71. The van der Waals surface area contributed by atoms with E-state index in [1.54, 1.807) is 59.7 Å². The summed E-state index contributed by atoms with van der Waals surface area (Å²) in [7, 11) is -15.1. The van der Waals surface area contributed by atoms with Crippen molar-refractivity contribution in [3.63, 3.8) is 0 Å². The van der Waals surface area contributed by atoms with Gasteiger partial charge in [0.15, 0.2) is 0 Å². The predicted octanol–water partition coefficient (Wildman–Crippen LogP) is 16.3. The summed E-state index contributed by atoms with van der Waals surface area (Å²) in [6.07, 6.45) is 19.6. The minimum Gasteiger partial charge on any atom is -0.310 e. The summed E-state index contributed by atoms with van der Waals surface area (Å²) >= 11 is 0. The fourth-order valence-electron chi connectivity index (χ4n) is 27.9. The Bertz CT molecular complexity index is 4900. The van der Waals surface area contributed by atoms with E-state index >= 15 is 0 Å². The lowest BCUT2D eigenvalue weighted by atomic mass is 9.75. The van der Waals surface area contributed by atoms with Gasteiger partial charge in [-0.1, -0.05) is 225 Å². The second-order valence-electron chi connectivity index (χ2n) is 42.2. The van der Waals surface area contributed by atoms with E-state index in [-0.39, 0.29) is 91.3 Å². The average molecular weight is 1980 g/mol. The van der Waals surface area contributed by atoms with E-state index in [2.05, 4.69) is 247 Å². The Hall–Kier alpha value is -7.00. The first-order valence-electron chi connectivity index (χ1n) is 54.0. The monoisotopic (exact) mass is 1980 g/mol. The average Bonchev–Trinajstić information content (AvgIpc) is 1.61. The van der Waals surface area contributed by atoms with Crippen LogP contribution >= 0.6 is 0 Å². The zero-order valence-corrected chi connectivity index (χ0v) is 87.6. The number of likely N-dealkylation sites (N-methyl/N-ethyl adjacent to an activating group) is 4. The van der Waals surface area contributed by atoms with Crippen LogP contribution in [-0.4, -0.2) is 230 Å². The third kappa shape index (κ3) is 24.4. The number of benzene rings is 8. The Morgan fingerprint density at radius 2 is 0.357 bits per heavy atom. The Labute approximate surface area is 839 Å². The molecule has 24 atom stereocenters. The fraction of sp³-hybridized carbons (Fsp3) is 0.579. The number of hydrogen-bond donors (Lipinski definition) is 10. The summed E-state index contributed by atoms with van der Waals surface area (Å²) in [6.45, 7) is 27.0. The molecule has 0 spiro atoms. The van der Waals surface area contributed by atoms with Gasteiger partial charge in [-0.2, -0.15) is 0 Å². The molecule has 0 amide bonds. The summed E-state index contributed by atoms with van der Waals surface area (Å²) in [5, 5.41) is 26.0. The van der Waals surface area contributed by atoms with Crippen molar-refractivity contribution in [1.82, 2.24) is 70.4 Å². The van der Waals surface area contributed by atoms with Crippen LogP contribution in [0.2, 0.25) is 0 Å². The number of fused-ring (bicyclic) bond motifs is 16. The molecule has 18 rings (SSSR count). The molecule has 2 aliphatic carbocycles. The van der Waals surface area contributed by atoms with E-state index in [0.29, 0.717) is 124 Å². The predicted molar refractivity (Wildman–Crippen MR) is 567 cm³/mol. The lowest BCUT2D eigenvalue weighted by Gasteiger charge is -2.37. The van der Waals surface area contributed by atoms with Crippen LogP contribution < -0.4 is 50.8 Å². The highest BCUT2D eigenvalue weighted by Crippen LogP contribution is 2.56. The molecule has 2 saturated carbocycles. The quantitative estimate of drug-likeness (QED) is 0.0175. The number of hydrogen-bond acceptors (Lipinski definition) is 18. The van der Waals surface area contributed by atoms with Gasteiger partial charge in [0.2, 0.25) is 40.1 Å². The molecule has 24 unspecified atom stereocenters. The Morgan fingerprint density at radius 3 is 0.529 bits per heavy atom. The molecule has 10 aliphatic rings. The maximum atomic E-state index is 13.9. The minimum atomic E-state index is -3.79. The van der Waals surface area contributed by atoms with E-state index in [9.17, 15) is 33.7 Å². The zero-order valence-electron chi connectivity index (χ0n) is 84.4. The lowest BCUT2D eigenvalue weighted by molar-refractivity contribution is 0.284. The summed E-state index contributed by atoms with van der Waals surface area (Å²) in [5.74, 6) is 3.96. The maximum Gasteiger partial charge on any atom is 0.240 e. The van der Waals surface area contributed by atoms with Gasteiger partial charge in [0, 0.05) is 172 Å². The number of rotatable bonds is 36. The molecule has 140 heavy (non-hydrogen) atoms. The fourth-order valence-corrected chi connectivity index (χ4v) is 32.0. The molecule has 10 N–H and O–H groups in total. The Morgan fingerprint density at radius 1 is 0.207 bits per heavy atom. The minimum absolute atomic E-state index is 0.00421. The van der Waals surface area contributed by atoms with Crippen LogP contribution in [-0.2, 0) is 40.1 Å². The highest BCUT2D eigenvalue weighted by Gasteiger charge is 2.53. The molecule has 0 aromatic heterocycles. The van der Waals surface area contributed by atoms with Gasteiger partial charge in [0.05, 0.1) is 19.6 Å². The summed E-state index contributed by atoms with van der Waals surface area (Å²) < 4.78 is 122. The van der Waals surface area contributed by atoms with E-state index in [1.807, 2.05) is 48.5 Å². The maximum absolute atomic E-state index is 13.9. The first kappa shape index (κ1) is 104. The summed E-state index contributed by atoms with van der Waals surface area (Å²) in [6, 6.07) is 79.8. The largest absolute Gasteiger partial charge is 0.310 e. The third-order valence-corrected chi connectivity index (χ3v) is 41.0. The molecule has 8 aliphatic heterocycles. The summed E-state index contributed by atoms with van der Waals surface area (Å²) in [5.41, 5.74) is 10.4. The highest BCUT2D eigenvalue weighted by molar-refractivity contribution is 7.90. The highest BCUT2D eigenvalue weighted by atomic mass is 32.2. The Kier molecular flexibility index (Phi) is 35.9. The van der Waals surface area contributed by atoms with Gasteiger partial charge in [-0.25, -0.2) is 52.6 Å². The first-order chi connectivity index (χ1) is 68.0. The number of nitrogens with one attached hydrogen (secondary N) is 10. The molecular formula is C114H162N14O8S4. The molecule has 8 aromatic carbocycles. The van der Waals surface area contributed by atoms with Crippen molar-refractivity contribution in [1.29, 1.82) is 0 Å². The van der Waals surface area contributed by atoms with Gasteiger partial charge in [-0.05, 0) is 285 Å². The molecule has 8 saturated heterocycles. The van der Waals surface area contributed by atoms with Gasteiger partial charge >= 0.3 is 0 Å². The van der Waals surface area contributed by atoms with E-state index in [0.717, 1.165) is 132 Å². The van der Waals surface area contributed by atoms with Crippen molar-refractivity contribution in [3.8, 4) is 0 Å². The molecule has 8 aromatic rings. The molecule has 760 valence electrons. The third-order valence-electron chi connectivity index (χ3n) is 35.1. The van der Waals surface area contributed by atoms with Gasteiger partial charge in [-0.15, -0.1) is 0 Å².